The van der Waals surface area contributed by atoms with Gasteiger partial charge in [0.15, 0.2) is 6.10 Å². The first-order chi connectivity index (χ1) is 40.5. The van der Waals surface area contributed by atoms with Crippen molar-refractivity contribution in [2.24, 2.45) is 0 Å². The van der Waals surface area contributed by atoms with E-state index in [1.807, 2.05) is 0 Å². The minimum absolute atomic E-state index is 0.0634. The van der Waals surface area contributed by atoms with Crippen molar-refractivity contribution in [2.45, 2.75) is 444 Å². The van der Waals surface area contributed by atoms with E-state index >= 15 is 0 Å². The SMILES string of the molecule is CCCCCCCC/C=C\CCCCCCCCCCCC(=O)OC(COC(=O)CCCCCCCCCCCCCCCCCCCCC)COC(=O)CCCCCCCCCCCCCCCCCCCCCCCCCCCC. The van der Waals surface area contributed by atoms with E-state index in [1.54, 1.807) is 0 Å². The Kier molecular flexibility index (Phi) is 70.0. The summed E-state index contributed by atoms with van der Waals surface area (Å²) < 4.78 is 17.1. The number of allylic oxidation sites excluding steroid dienone is 2. The van der Waals surface area contributed by atoms with E-state index in [0.29, 0.717) is 19.3 Å². The molecule has 0 amide bonds. The van der Waals surface area contributed by atoms with E-state index in [1.165, 1.54) is 340 Å². The first-order valence-electron chi connectivity index (χ1n) is 37.7. The smallest absolute Gasteiger partial charge is 0.306 e. The number of esters is 3. The molecule has 0 bridgehead atoms. The van der Waals surface area contributed by atoms with Crippen LogP contribution >= 0.6 is 0 Å². The summed E-state index contributed by atoms with van der Waals surface area (Å²) >= 11 is 0. The topological polar surface area (TPSA) is 78.9 Å². The molecule has 0 aromatic rings. The van der Waals surface area contributed by atoms with Gasteiger partial charge in [-0.05, 0) is 44.9 Å². The van der Waals surface area contributed by atoms with Crippen molar-refractivity contribution in [1.29, 1.82) is 0 Å². The maximum atomic E-state index is 13.0. The van der Waals surface area contributed by atoms with Gasteiger partial charge in [-0.25, -0.2) is 0 Å². The van der Waals surface area contributed by atoms with Gasteiger partial charge in [-0.15, -0.1) is 0 Å². The lowest BCUT2D eigenvalue weighted by Gasteiger charge is -2.18. The molecular formula is C76H146O6. The average Bonchev–Trinajstić information content (AvgIpc) is 3.48. The second-order valence-corrected chi connectivity index (χ2v) is 25.9. The third-order valence-corrected chi connectivity index (χ3v) is 17.5. The minimum atomic E-state index is -0.768. The van der Waals surface area contributed by atoms with Gasteiger partial charge in [0.1, 0.15) is 13.2 Å². The number of carbonyl (C=O) groups excluding carboxylic acids is 3. The van der Waals surface area contributed by atoms with Crippen LogP contribution < -0.4 is 0 Å². The van der Waals surface area contributed by atoms with Crippen molar-refractivity contribution >= 4 is 17.9 Å². The van der Waals surface area contributed by atoms with Crippen LogP contribution in [-0.4, -0.2) is 37.2 Å². The summed E-state index contributed by atoms with van der Waals surface area (Å²) in [6.07, 6.45) is 86.8. The minimum Gasteiger partial charge on any atom is -0.462 e. The van der Waals surface area contributed by atoms with E-state index in [9.17, 15) is 14.4 Å². The van der Waals surface area contributed by atoms with Crippen molar-refractivity contribution in [1.82, 2.24) is 0 Å². The quantitative estimate of drug-likeness (QED) is 0.0261. The first-order valence-corrected chi connectivity index (χ1v) is 37.7. The summed E-state index contributed by atoms with van der Waals surface area (Å²) in [4.78, 5) is 38.5. The summed E-state index contributed by atoms with van der Waals surface area (Å²) in [5, 5.41) is 0. The standard InChI is InChI=1S/C76H146O6/c1-4-7-10-13-16-19-22-25-28-31-34-35-36-37-38-39-40-43-45-48-51-54-57-60-63-66-69-75(78)81-72-73(82-76(79)70-67-64-61-58-55-52-49-46-42-33-30-27-24-21-18-15-12-9-6-3)71-80-74(77)68-65-62-59-56-53-50-47-44-41-32-29-26-23-20-17-14-11-8-5-2/h27,30,73H,4-26,28-29,31-72H2,1-3H3/b30-27-. The highest BCUT2D eigenvalue weighted by Crippen LogP contribution is 2.20. The van der Waals surface area contributed by atoms with E-state index < -0.39 is 6.10 Å². The molecule has 6 heteroatoms. The van der Waals surface area contributed by atoms with E-state index in [0.717, 1.165) is 57.8 Å². The van der Waals surface area contributed by atoms with Gasteiger partial charge in [-0.3, -0.25) is 14.4 Å². The van der Waals surface area contributed by atoms with Crippen molar-refractivity contribution in [3.8, 4) is 0 Å². The van der Waals surface area contributed by atoms with Crippen LogP contribution in [0.25, 0.3) is 0 Å². The molecule has 486 valence electrons. The molecular weight excluding hydrogens is 1010 g/mol. The van der Waals surface area contributed by atoms with Crippen LogP contribution in [0.2, 0.25) is 0 Å². The third-order valence-electron chi connectivity index (χ3n) is 17.5. The zero-order chi connectivity index (χ0) is 59.2. The molecule has 0 aliphatic rings. The Morgan fingerprint density at radius 2 is 0.402 bits per heavy atom. The first kappa shape index (κ1) is 80.2. The van der Waals surface area contributed by atoms with Gasteiger partial charge in [-0.1, -0.05) is 386 Å². The molecule has 0 radical (unpaired) electrons. The number of unbranched alkanes of at least 4 members (excludes halogenated alkanes) is 58. The van der Waals surface area contributed by atoms with Crippen molar-refractivity contribution in [3.05, 3.63) is 12.2 Å². The van der Waals surface area contributed by atoms with Crippen LogP contribution in [-0.2, 0) is 28.6 Å². The number of rotatable bonds is 71. The molecule has 0 saturated heterocycles. The van der Waals surface area contributed by atoms with Crippen molar-refractivity contribution in [3.63, 3.8) is 0 Å². The van der Waals surface area contributed by atoms with E-state index in [2.05, 4.69) is 32.9 Å². The average molecular weight is 1160 g/mol. The largest absolute Gasteiger partial charge is 0.462 e. The lowest BCUT2D eigenvalue weighted by Crippen LogP contribution is -2.30. The Bertz CT molecular complexity index is 1280. The van der Waals surface area contributed by atoms with Crippen LogP contribution in [0, 0.1) is 0 Å². The molecule has 0 spiro atoms. The molecule has 0 aliphatic carbocycles. The zero-order valence-electron chi connectivity index (χ0n) is 56.1. The molecule has 1 atom stereocenters. The number of carbonyl (C=O) groups is 3. The summed E-state index contributed by atoms with van der Waals surface area (Å²) in [6.45, 7) is 6.74. The highest BCUT2D eigenvalue weighted by atomic mass is 16.6. The summed E-state index contributed by atoms with van der Waals surface area (Å²) in [5.41, 5.74) is 0. The normalized spacial score (nSPS) is 12.0. The fraction of sp³-hybridized carbons (Fsp3) is 0.934. The van der Waals surface area contributed by atoms with Crippen LogP contribution in [0.4, 0.5) is 0 Å². The van der Waals surface area contributed by atoms with Crippen LogP contribution in [0.3, 0.4) is 0 Å². The highest BCUT2D eigenvalue weighted by Gasteiger charge is 2.20. The number of hydrogen-bond donors (Lipinski definition) is 0. The molecule has 0 aromatic heterocycles. The number of hydrogen-bond acceptors (Lipinski definition) is 6. The van der Waals surface area contributed by atoms with E-state index in [-0.39, 0.29) is 31.1 Å². The summed E-state index contributed by atoms with van der Waals surface area (Å²) in [6, 6.07) is 0. The fourth-order valence-electron chi connectivity index (χ4n) is 11.9. The van der Waals surface area contributed by atoms with Gasteiger partial charge in [-0.2, -0.15) is 0 Å². The molecule has 0 heterocycles. The predicted octanol–water partition coefficient (Wildman–Crippen LogP) is 26.0. The molecule has 0 aliphatic heterocycles. The Labute approximate surface area is 513 Å². The zero-order valence-corrected chi connectivity index (χ0v) is 56.1. The lowest BCUT2D eigenvalue weighted by molar-refractivity contribution is -0.167. The van der Waals surface area contributed by atoms with Gasteiger partial charge in [0.2, 0.25) is 0 Å². The monoisotopic (exact) mass is 1160 g/mol. The Morgan fingerprint density at radius 1 is 0.232 bits per heavy atom. The maximum absolute atomic E-state index is 13.0. The molecule has 0 saturated carbocycles. The van der Waals surface area contributed by atoms with Gasteiger partial charge in [0.05, 0.1) is 0 Å². The molecule has 1 unspecified atom stereocenters. The van der Waals surface area contributed by atoms with Crippen molar-refractivity contribution in [2.75, 3.05) is 13.2 Å². The molecule has 6 nitrogen and oxygen atoms in total. The van der Waals surface area contributed by atoms with Gasteiger partial charge in [0, 0.05) is 19.3 Å². The van der Waals surface area contributed by atoms with Gasteiger partial charge < -0.3 is 14.2 Å². The molecule has 82 heavy (non-hydrogen) atoms. The summed E-state index contributed by atoms with van der Waals surface area (Å²) in [5.74, 6) is -0.825. The second kappa shape index (κ2) is 71.6. The Hall–Kier alpha value is -1.85. The fourth-order valence-corrected chi connectivity index (χ4v) is 11.9. The lowest BCUT2D eigenvalue weighted by atomic mass is 10.0. The van der Waals surface area contributed by atoms with Gasteiger partial charge in [0.25, 0.3) is 0 Å². The highest BCUT2D eigenvalue weighted by molar-refractivity contribution is 5.71. The van der Waals surface area contributed by atoms with E-state index in [4.69, 9.17) is 14.2 Å². The molecule has 0 aromatic carbocycles. The third kappa shape index (κ3) is 68.9. The van der Waals surface area contributed by atoms with Crippen LogP contribution in [0.5, 0.6) is 0 Å². The molecule has 0 rings (SSSR count). The van der Waals surface area contributed by atoms with Gasteiger partial charge >= 0.3 is 17.9 Å². The summed E-state index contributed by atoms with van der Waals surface area (Å²) in [7, 11) is 0. The van der Waals surface area contributed by atoms with Crippen LogP contribution in [0.15, 0.2) is 12.2 Å². The van der Waals surface area contributed by atoms with Crippen molar-refractivity contribution < 1.29 is 28.6 Å². The predicted molar refractivity (Wildman–Crippen MR) is 358 cm³/mol. The second-order valence-electron chi connectivity index (χ2n) is 25.9. The number of ether oxygens (including phenoxy) is 3. The maximum Gasteiger partial charge on any atom is 0.306 e. The van der Waals surface area contributed by atoms with Crippen LogP contribution in [0.1, 0.15) is 438 Å². The Balaban J connectivity index is 4.24. The Morgan fingerprint density at radius 3 is 0.610 bits per heavy atom. The molecule has 0 fully saturated rings. The molecule has 0 N–H and O–H groups in total.